The standard InChI is InChI=1S/C13H17NO/c1-13(2,8-14)11-7-6-10-9(11)4-3-5-12(10)15/h3-5,7,15H,6,8,14H2,1-2H3. The van der Waals surface area contributed by atoms with Crippen molar-refractivity contribution in [1.82, 2.24) is 0 Å². The van der Waals surface area contributed by atoms with E-state index in [-0.39, 0.29) is 5.41 Å². The van der Waals surface area contributed by atoms with E-state index in [9.17, 15) is 5.11 Å². The maximum Gasteiger partial charge on any atom is 0.119 e. The number of phenolic OH excluding ortho intramolecular Hbond substituents is 1. The molecule has 0 fully saturated rings. The zero-order valence-electron chi connectivity index (χ0n) is 9.25. The van der Waals surface area contributed by atoms with Gasteiger partial charge < -0.3 is 10.8 Å². The number of benzene rings is 1. The molecule has 2 rings (SSSR count). The zero-order valence-corrected chi connectivity index (χ0v) is 9.25. The van der Waals surface area contributed by atoms with E-state index in [1.807, 2.05) is 6.07 Å². The molecule has 0 atom stereocenters. The third kappa shape index (κ3) is 1.55. The second-order valence-electron chi connectivity index (χ2n) is 4.71. The fraction of sp³-hybridized carbons (Fsp3) is 0.385. The zero-order chi connectivity index (χ0) is 11.1. The summed E-state index contributed by atoms with van der Waals surface area (Å²) in [6.45, 7) is 4.89. The smallest absolute Gasteiger partial charge is 0.119 e. The lowest BCUT2D eigenvalue weighted by Crippen LogP contribution is -2.24. The molecule has 0 unspecified atom stereocenters. The van der Waals surface area contributed by atoms with Gasteiger partial charge in [0.25, 0.3) is 0 Å². The largest absolute Gasteiger partial charge is 0.508 e. The monoisotopic (exact) mass is 203 g/mol. The number of phenols is 1. The van der Waals surface area contributed by atoms with Gasteiger partial charge >= 0.3 is 0 Å². The van der Waals surface area contributed by atoms with Crippen LogP contribution in [0.5, 0.6) is 5.75 Å². The van der Waals surface area contributed by atoms with Gasteiger partial charge in [-0.25, -0.2) is 0 Å². The maximum atomic E-state index is 9.72. The molecule has 0 aromatic heterocycles. The highest BCUT2D eigenvalue weighted by atomic mass is 16.3. The molecular weight excluding hydrogens is 186 g/mol. The van der Waals surface area contributed by atoms with E-state index >= 15 is 0 Å². The van der Waals surface area contributed by atoms with Crippen LogP contribution in [0.15, 0.2) is 24.3 Å². The van der Waals surface area contributed by atoms with Crippen molar-refractivity contribution in [2.45, 2.75) is 20.3 Å². The highest BCUT2D eigenvalue weighted by Crippen LogP contribution is 2.42. The number of fused-ring (bicyclic) bond motifs is 1. The first-order valence-corrected chi connectivity index (χ1v) is 5.28. The van der Waals surface area contributed by atoms with Gasteiger partial charge in [-0.3, -0.25) is 0 Å². The summed E-state index contributed by atoms with van der Waals surface area (Å²) >= 11 is 0. The van der Waals surface area contributed by atoms with Crippen molar-refractivity contribution in [3.63, 3.8) is 0 Å². The summed E-state index contributed by atoms with van der Waals surface area (Å²) < 4.78 is 0. The summed E-state index contributed by atoms with van der Waals surface area (Å²) in [5.41, 5.74) is 9.22. The van der Waals surface area contributed by atoms with Gasteiger partial charge in [-0.2, -0.15) is 0 Å². The Hall–Kier alpha value is -1.28. The van der Waals surface area contributed by atoms with Crippen LogP contribution in [0.2, 0.25) is 0 Å². The molecule has 0 bridgehead atoms. The molecule has 3 N–H and O–H groups in total. The first kappa shape index (κ1) is 10.2. The van der Waals surface area contributed by atoms with Crippen LogP contribution in [-0.4, -0.2) is 11.7 Å². The molecule has 0 saturated carbocycles. The summed E-state index contributed by atoms with van der Waals surface area (Å²) in [5, 5.41) is 9.72. The van der Waals surface area contributed by atoms with Crippen LogP contribution in [0.3, 0.4) is 0 Å². The summed E-state index contributed by atoms with van der Waals surface area (Å²) in [6.07, 6.45) is 3.00. The summed E-state index contributed by atoms with van der Waals surface area (Å²) in [6, 6.07) is 5.69. The van der Waals surface area contributed by atoms with E-state index in [1.54, 1.807) is 6.07 Å². The normalized spacial score (nSPS) is 15.0. The van der Waals surface area contributed by atoms with Gasteiger partial charge in [-0.05, 0) is 23.6 Å². The van der Waals surface area contributed by atoms with E-state index in [0.717, 1.165) is 17.5 Å². The quantitative estimate of drug-likeness (QED) is 0.774. The first-order chi connectivity index (χ1) is 7.06. The Bertz CT molecular complexity index is 419. The van der Waals surface area contributed by atoms with Crippen LogP contribution in [0.25, 0.3) is 5.57 Å². The van der Waals surface area contributed by atoms with Gasteiger partial charge in [0.15, 0.2) is 0 Å². The second-order valence-corrected chi connectivity index (χ2v) is 4.71. The van der Waals surface area contributed by atoms with Gasteiger partial charge in [0, 0.05) is 17.5 Å². The summed E-state index contributed by atoms with van der Waals surface area (Å²) in [4.78, 5) is 0. The first-order valence-electron chi connectivity index (χ1n) is 5.28. The van der Waals surface area contributed by atoms with E-state index in [1.165, 1.54) is 5.57 Å². The van der Waals surface area contributed by atoms with Crippen molar-refractivity contribution in [1.29, 1.82) is 0 Å². The molecule has 0 heterocycles. The van der Waals surface area contributed by atoms with Crippen LogP contribution in [0.4, 0.5) is 0 Å². The molecular formula is C13H17NO. The van der Waals surface area contributed by atoms with Crippen molar-refractivity contribution in [2.75, 3.05) is 6.54 Å². The SMILES string of the molecule is CC(C)(CN)C1=CCc2c(O)cccc21. The molecule has 0 radical (unpaired) electrons. The Labute approximate surface area is 90.4 Å². The third-order valence-corrected chi connectivity index (χ3v) is 3.19. The van der Waals surface area contributed by atoms with Gasteiger partial charge in [-0.1, -0.05) is 32.1 Å². The average molecular weight is 203 g/mol. The fourth-order valence-corrected chi connectivity index (χ4v) is 2.11. The van der Waals surface area contributed by atoms with Crippen LogP contribution >= 0.6 is 0 Å². The van der Waals surface area contributed by atoms with Crippen molar-refractivity contribution >= 4 is 5.57 Å². The number of aromatic hydroxyl groups is 1. The van der Waals surface area contributed by atoms with Crippen LogP contribution < -0.4 is 5.73 Å². The number of allylic oxidation sites excluding steroid dienone is 1. The third-order valence-electron chi connectivity index (χ3n) is 3.19. The van der Waals surface area contributed by atoms with Gasteiger partial charge in [0.05, 0.1) is 0 Å². The highest BCUT2D eigenvalue weighted by molar-refractivity contribution is 5.78. The molecule has 15 heavy (non-hydrogen) atoms. The van der Waals surface area contributed by atoms with E-state index in [0.29, 0.717) is 12.3 Å². The van der Waals surface area contributed by atoms with Crippen molar-refractivity contribution < 1.29 is 5.11 Å². The lowest BCUT2D eigenvalue weighted by molar-refractivity contribution is 0.469. The number of rotatable bonds is 2. The maximum absolute atomic E-state index is 9.72. The Morgan fingerprint density at radius 2 is 2.13 bits per heavy atom. The van der Waals surface area contributed by atoms with Gasteiger partial charge in [-0.15, -0.1) is 0 Å². The predicted octanol–water partition coefficient (Wildman–Crippen LogP) is 2.32. The Morgan fingerprint density at radius 3 is 2.80 bits per heavy atom. The number of hydrogen-bond acceptors (Lipinski definition) is 2. The van der Waals surface area contributed by atoms with Crippen LogP contribution in [-0.2, 0) is 6.42 Å². The van der Waals surface area contributed by atoms with Crippen molar-refractivity contribution in [3.8, 4) is 5.75 Å². The van der Waals surface area contributed by atoms with Gasteiger partial charge in [0.1, 0.15) is 5.75 Å². The molecule has 1 aliphatic rings. The van der Waals surface area contributed by atoms with Crippen LogP contribution in [0, 0.1) is 5.41 Å². The summed E-state index contributed by atoms with van der Waals surface area (Å²) in [5.74, 6) is 0.395. The molecule has 80 valence electrons. The summed E-state index contributed by atoms with van der Waals surface area (Å²) in [7, 11) is 0. The minimum atomic E-state index is -0.0148. The molecule has 1 aromatic rings. The molecule has 0 aliphatic heterocycles. The molecule has 2 nitrogen and oxygen atoms in total. The Balaban J connectivity index is 2.48. The minimum absolute atomic E-state index is 0.0148. The Morgan fingerprint density at radius 1 is 1.40 bits per heavy atom. The number of nitrogens with two attached hydrogens (primary N) is 1. The lowest BCUT2D eigenvalue weighted by Gasteiger charge is -2.25. The van der Waals surface area contributed by atoms with Crippen molar-refractivity contribution in [3.05, 3.63) is 35.4 Å². The Kier molecular flexibility index (Phi) is 2.31. The molecule has 0 amide bonds. The molecule has 2 heteroatoms. The molecule has 0 saturated heterocycles. The minimum Gasteiger partial charge on any atom is -0.508 e. The van der Waals surface area contributed by atoms with E-state index < -0.39 is 0 Å². The molecule has 1 aromatic carbocycles. The average Bonchev–Trinajstić information content (AvgIpc) is 2.63. The van der Waals surface area contributed by atoms with Crippen molar-refractivity contribution in [2.24, 2.45) is 11.1 Å². The predicted molar refractivity (Wildman–Crippen MR) is 62.6 cm³/mol. The van der Waals surface area contributed by atoms with E-state index in [4.69, 9.17) is 5.73 Å². The topological polar surface area (TPSA) is 46.2 Å². The lowest BCUT2D eigenvalue weighted by atomic mass is 9.81. The molecule has 0 spiro atoms. The molecule has 1 aliphatic carbocycles. The number of hydrogen-bond donors (Lipinski definition) is 2. The van der Waals surface area contributed by atoms with Crippen LogP contribution in [0.1, 0.15) is 25.0 Å². The second kappa shape index (κ2) is 3.38. The highest BCUT2D eigenvalue weighted by Gasteiger charge is 2.28. The fourth-order valence-electron chi connectivity index (χ4n) is 2.11. The van der Waals surface area contributed by atoms with Gasteiger partial charge in [0.2, 0.25) is 0 Å². The van der Waals surface area contributed by atoms with E-state index in [2.05, 4.69) is 26.0 Å².